The number of hydrazone groups is 1. The molecule has 0 saturated carbocycles. The minimum absolute atomic E-state index is 0.0280. The Balaban J connectivity index is 2.13. The summed E-state index contributed by atoms with van der Waals surface area (Å²) in [6.45, 7) is 0. The number of hydrogen-bond donors (Lipinski definition) is 1. The minimum Gasteiger partial charge on any atom is -0.496 e. The molecule has 0 atom stereocenters. The molecule has 0 aromatic heterocycles. The Morgan fingerprint density at radius 1 is 1.17 bits per heavy atom. The molecule has 1 N–H and O–H groups in total. The van der Waals surface area contributed by atoms with Crippen LogP contribution in [0.25, 0.3) is 0 Å². The topological polar surface area (TPSA) is 86.0 Å². The maximum atomic E-state index is 10.6. The minimum atomic E-state index is -0.452. The van der Waals surface area contributed by atoms with Gasteiger partial charge in [0.2, 0.25) is 0 Å². The van der Waals surface area contributed by atoms with Gasteiger partial charge < -0.3 is 9.47 Å². The quantitative estimate of drug-likeness (QED) is 0.468. The molecule has 0 aliphatic heterocycles. The Kier molecular flexibility index (Phi) is 5.53. The summed E-state index contributed by atoms with van der Waals surface area (Å²) >= 11 is 3.40. The first-order valence-corrected chi connectivity index (χ1v) is 7.29. The highest BCUT2D eigenvalue weighted by Crippen LogP contribution is 2.32. The van der Waals surface area contributed by atoms with Crippen molar-refractivity contribution in [1.29, 1.82) is 0 Å². The second kappa shape index (κ2) is 7.59. The molecule has 120 valence electrons. The van der Waals surface area contributed by atoms with E-state index in [9.17, 15) is 10.1 Å². The Hall–Kier alpha value is -2.61. The third-order valence-corrected chi connectivity index (χ3v) is 3.60. The van der Waals surface area contributed by atoms with Crippen LogP contribution in [0.15, 0.2) is 46.0 Å². The second-order valence-electron chi connectivity index (χ2n) is 4.40. The summed E-state index contributed by atoms with van der Waals surface area (Å²) in [5.41, 5.74) is 4.21. The van der Waals surface area contributed by atoms with Crippen LogP contribution in [0.3, 0.4) is 0 Å². The van der Waals surface area contributed by atoms with Crippen molar-refractivity contribution < 1.29 is 14.4 Å². The van der Waals surface area contributed by atoms with Gasteiger partial charge in [-0.05, 0) is 34.1 Å². The molecule has 2 aromatic rings. The lowest BCUT2D eigenvalue weighted by molar-refractivity contribution is -0.384. The Bertz CT molecular complexity index is 732. The highest BCUT2D eigenvalue weighted by atomic mass is 79.9. The fourth-order valence-electron chi connectivity index (χ4n) is 1.82. The number of hydrogen-bond acceptors (Lipinski definition) is 6. The molecule has 0 fully saturated rings. The zero-order chi connectivity index (χ0) is 16.8. The number of nitrogens with one attached hydrogen (secondary N) is 1. The zero-order valence-electron chi connectivity index (χ0n) is 12.4. The van der Waals surface area contributed by atoms with Crippen LogP contribution in [-0.2, 0) is 0 Å². The molecule has 2 rings (SSSR count). The van der Waals surface area contributed by atoms with Crippen LogP contribution in [0, 0.1) is 10.1 Å². The summed E-state index contributed by atoms with van der Waals surface area (Å²) in [4.78, 5) is 10.1. The van der Waals surface area contributed by atoms with Gasteiger partial charge in [0.15, 0.2) is 0 Å². The van der Waals surface area contributed by atoms with Crippen LogP contribution in [0.2, 0.25) is 0 Å². The number of nitro benzene ring substituents is 1. The maximum Gasteiger partial charge on any atom is 0.269 e. The van der Waals surface area contributed by atoms with Crippen LogP contribution in [-0.4, -0.2) is 25.4 Å². The fraction of sp³-hybridized carbons (Fsp3) is 0.133. The molecule has 8 heteroatoms. The van der Waals surface area contributed by atoms with Crippen molar-refractivity contribution in [3.8, 4) is 11.5 Å². The highest BCUT2D eigenvalue weighted by Gasteiger charge is 2.08. The summed E-state index contributed by atoms with van der Waals surface area (Å²) in [6, 6.07) is 9.54. The van der Waals surface area contributed by atoms with Gasteiger partial charge in [-0.25, -0.2) is 0 Å². The predicted molar refractivity (Wildman–Crippen MR) is 91.6 cm³/mol. The molecule has 0 amide bonds. The molecule has 0 spiro atoms. The first kappa shape index (κ1) is 16.8. The molecule has 0 aliphatic rings. The number of anilines is 1. The normalized spacial score (nSPS) is 10.6. The van der Waals surface area contributed by atoms with Crippen molar-refractivity contribution in [3.63, 3.8) is 0 Å². The van der Waals surface area contributed by atoms with Gasteiger partial charge in [0.05, 0.1) is 35.5 Å². The van der Waals surface area contributed by atoms with E-state index in [0.717, 1.165) is 10.0 Å². The summed E-state index contributed by atoms with van der Waals surface area (Å²) in [7, 11) is 3.13. The smallest absolute Gasteiger partial charge is 0.269 e. The fourth-order valence-corrected chi connectivity index (χ4v) is 2.34. The molecular weight excluding hydrogens is 366 g/mol. The van der Waals surface area contributed by atoms with E-state index in [-0.39, 0.29) is 5.69 Å². The van der Waals surface area contributed by atoms with E-state index in [1.807, 2.05) is 6.07 Å². The van der Waals surface area contributed by atoms with E-state index < -0.39 is 4.92 Å². The summed E-state index contributed by atoms with van der Waals surface area (Å²) in [6.07, 6.45) is 1.59. The summed E-state index contributed by atoms with van der Waals surface area (Å²) in [5.74, 6) is 1.27. The van der Waals surface area contributed by atoms with Gasteiger partial charge in [-0.1, -0.05) is 0 Å². The van der Waals surface area contributed by atoms with Gasteiger partial charge in [0, 0.05) is 23.8 Å². The van der Waals surface area contributed by atoms with Gasteiger partial charge in [-0.2, -0.15) is 5.10 Å². The lowest BCUT2D eigenvalue weighted by Crippen LogP contribution is -1.96. The van der Waals surface area contributed by atoms with Crippen molar-refractivity contribution in [2.24, 2.45) is 5.10 Å². The van der Waals surface area contributed by atoms with Gasteiger partial charge in [-0.3, -0.25) is 15.5 Å². The lowest BCUT2D eigenvalue weighted by atomic mass is 10.2. The van der Waals surface area contributed by atoms with Crippen molar-refractivity contribution in [2.75, 3.05) is 19.6 Å². The van der Waals surface area contributed by atoms with E-state index >= 15 is 0 Å². The van der Waals surface area contributed by atoms with E-state index in [4.69, 9.17) is 9.47 Å². The third kappa shape index (κ3) is 4.19. The maximum absolute atomic E-state index is 10.6. The second-order valence-corrected chi connectivity index (χ2v) is 5.26. The lowest BCUT2D eigenvalue weighted by Gasteiger charge is -2.09. The van der Waals surface area contributed by atoms with Crippen LogP contribution in [0.4, 0.5) is 11.4 Å². The van der Waals surface area contributed by atoms with E-state index in [1.54, 1.807) is 38.6 Å². The molecule has 0 heterocycles. The van der Waals surface area contributed by atoms with Gasteiger partial charge in [0.25, 0.3) is 5.69 Å². The van der Waals surface area contributed by atoms with E-state index in [2.05, 4.69) is 26.5 Å². The number of halogens is 1. The number of nitro groups is 1. The first-order valence-electron chi connectivity index (χ1n) is 6.50. The highest BCUT2D eigenvalue weighted by molar-refractivity contribution is 9.10. The molecule has 0 bridgehead atoms. The zero-order valence-corrected chi connectivity index (χ0v) is 14.0. The molecule has 0 unspecified atom stereocenters. The Morgan fingerprint density at radius 3 is 2.39 bits per heavy atom. The van der Waals surface area contributed by atoms with Gasteiger partial charge in [0.1, 0.15) is 11.5 Å². The van der Waals surface area contributed by atoms with Crippen LogP contribution in [0.1, 0.15) is 5.56 Å². The molecule has 0 radical (unpaired) electrons. The van der Waals surface area contributed by atoms with Crippen molar-refractivity contribution >= 4 is 33.5 Å². The van der Waals surface area contributed by atoms with Gasteiger partial charge in [-0.15, -0.1) is 0 Å². The Morgan fingerprint density at radius 2 is 1.83 bits per heavy atom. The monoisotopic (exact) mass is 379 g/mol. The summed E-state index contributed by atoms with van der Waals surface area (Å²) in [5, 5.41) is 14.7. The average molecular weight is 380 g/mol. The first-order chi connectivity index (χ1) is 11.0. The van der Waals surface area contributed by atoms with Crippen molar-refractivity contribution in [2.45, 2.75) is 0 Å². The van der Waals surface area contributed by atoms with E-state index in [1.165, 1.54) is 12.1 Å². The molecular formula is C15H14BrN3O4. The molecule has 7 nitrogen and oxygen atoms in total. The SMILES string of the molecule is COc1cc(OC)c(C=NNc2ccc([N+](=O)[O-])cc2)cc1Br. The van der Waals surface area contributed by atoms with Crippen LogP contribution in [0.5, 0.6) is 11.5 Å². The van der Waals surface area contributed by atoms with Crippen LogP contribution >= 0.6 is 15.9 Å². The largest absolute Gasteiger partial charge is 0.496 e. The average Bonchev–Trinajstić information content (AvgIpc) is 2.55. The molecule has 0 saturated heterocycles. The molecule has 2 aromatic carbocycles. The van der Waals surface area contributed by atoms with Gasteiger partial charge >= 0.3 is 0 Å². The number of ether oxygens (including phenoxy) is 2. The van der Waals surface area contributed by atoms with Crippen molar-refractivity contribution in [1.82, 2.24) is 0 Å². The standard InChI is InChI=1S/C15H14BrN3O4/c1-22-14-8-15(23-2)13(16)7-10(14)9-17-18-11-3-5-12(6-4-11)19(20)21/h3-9,18H,1-2H3. The molecule has 23 heavy (non-hydrogen) atoms. The Labute approximate surface area is 141 Å². The number of methoxy groups -OCH3 is 2. The number of rotatable bonds is 6. The molecule has 0 aliphatic carbocycles. The number of non-ortho nitro benzene ring substituents is 1. The third-order valence-electron chi connectivity index (χ3n) is 2.98. The summed E-state index contributed by atoms with van der Waals surface area (Å²) < 4.78 is 11.3. The number of benzene rings is 2. The predicted octanol–water partition coefficient (Wildman–Crippen LogP) is 3.82. The number of nitrogens with zero attached hydrogens (tertiary/aromatic N) is 2. The van der Waals surface area contributed by atoms with Crippen LogP contribution < -0.4 is 14.9 Å². The van der Waals surface area contributed by atoms with E-state index in [0.29, 0.717) is 17.2 Å². The van der Waals surface area contributed by atoms with Crippen molar-refractivity contribution in [3.05, 3.63) is 56.5 Å².